The van der Waals surface area contributed by atoms with E-state index in [4.69, 9.17) is 11.6 Å². The van der Waals surface area contributed by atoms with Crippen LogP contribution >= 0.6 is 11.6 Å². The number of hydrogen-bond acceptors (Lipinski definition) is 1. The lowest BCUT2D eigenvalue weighted by atomic mass is 10.2. The number of fused-ring (bicyclic) bond motifs is 1. The highest BCUT2D eigenvalue weighted by molar-refractivity contribution is 6.20. The maximum atomic E-state index is 6.25. The third-order valence-corrected chi connectivity index (χ3v) is 3.15. The summed E-state index contributed by atoms with van der Waals surface area (Å²) in [4.78, 5) is 4.62. The molecule has 3 rings (SSSR count). The second-order valence-corrected chi connectivity index (χ2v) is 4.90. The van der Waals surface area contributed by atoms with Crippen molar-refractivity contribution >= 4 is 22.6 Å². The number of imidazole rings is 1. The summed E-state index contributed by atoms with van der Waals surface area (Å²) in [5, 5.41) is -0.127. The lowest BCUT2D eigenvalue weighted by molar-refractivity contribution is 0.882. The maximum absolute atomic E-state index is 6.25. The molecule has 2 nitrogen and oxygen atoms in total. The van der Waals surface area contributed by atoms with E-state index in [1.165, 1.54) is 0 Å². The Morgan fingerprint density at radius 1 is 1.00 bits per heavy atom. The molecule has 0 N–H and O–H groups in total. The van der Waals surface area contributed by atoms with Gasteiger partial charge in [-0.3, -0.25) is 4.57 Å². The predicted octanol–water partition coefficient (Wildman–Crippen LogP) is 4.33. The number of rotatable bonds is 2. The van der Waals surface area contributed by atoms with Crippen LogP contribution in [0.25, 0.3) is 16.7 Å². The zero-order valence-corrected chi connectivity index (χ0v) is 10.8. The van der Waals surface area contributed by atoms with Gasteiger partial charge in [0.25, 0.3) is 0 Å². The SMILES string of the molecule is CC(Cl)c1nc2ccccc2n1-c1ccccc1. The molecule has 0 aliphatic rings. The lowest BCUT2D eigenvalue weighted by Gasteiger charge is -2.10. The molecule has 0 radical (unpaired) electrons. The van der Waals surface area contributed by atoms with Crippen LogP contribution in [0.5, 0.6) is 0 Å². The number of aromatic nitrogens is 2. The average Bonchev–Trinajstić information content (AvgIpc) is 2.79. The first-order valence-electron chi connectivity index (χ1n) is 5.94. The number of hydrogen-bond donors (Lipinski definition) is 0. The molecule has 3 heteroatoms. The molecule has 0 aliphatic carbocycles. The van der Waals surface area contributed by atoms with Gasteiger partial charge in [-0.25, -0.2) is 4.98 Å². The molecule has 1 unspecified atom stereocenters. The maximum Gasteiger partial charge on any atom is 0.132 e. The zero-order valence-electron chi connectivity index (χ0n) is 10.0. The fourth-order valence-electron chi connectivity index (χ4n) is 2.16. The zero-order chi connectivity index (χ0) is 12.5. The summed E-state index contributed by atoms with van der Waals surface area (Å²) in [6, 6.07) is 18.3. The lowest BCUT2D eigenvalue weighted by Crippen LogP contribution is -2.01. The fourth-order valence-corrected chi connectivity index (χ4v) is 2.31. The fraction of sp³-hybridized carbons (Fsp3) is 0.133. The molecule has 0 saturated carbocycles. The van der Waals surface area contributed by atoms with Gasteiger partial charge < -0.3 is 0 Å². The van der Waals surface area contributed by atoms with E-state index in [9.17, 15) is 0 Å². The van der Waals surface area contributed by atoms with E-state index < -0.39 is 0 Å². The van der Waals surface area contributed by atoms with Gasteiger partial charge in [0.1, 0.15) is 5.82 Å². The molecular weight excluding hydrogens is 244 g/mol. The molecule has 0 aliphatic heterocycles. The van der Waals surface area contributed by atoms with Crippen LogP contribution in [-0.4, -0.2) is 9.55 Å². The van der Waals surface area contributed by atoms with E-state index in [0.717, 1.165) is 22.5 Å². The summed E-state index contributed by atoms with van der Waals surface area (Å²) in [5.41, 5.74) is 3.16. The van der Waals surface area contributed by atoms with Crippen LogP contribution in [0.4, 0.5) is 0 Å². The predicted molar refractivity (Wildman–Crippen MR) is 75.3 cm³/mol. The molecule has 2 aromatic carbocycles. The quantitative estimate of drug-likeness (QED) is 0.624. The summed E-state index contributed by atoms with van der Waals surface area (Å²) >= 11 is 6.25. The second kappa shape index (κ2) is 4.46. The highest BCUT2D eigenvalue weighted by atomic mass is 35.5. The summed E-state index contributed by atoms with van der Waals surface area (Å²) in [6.45, 7) is 1.95. The van der Waals surface area contributed by atoms with Gasteiger partial charge in [0.15, 0.2) is 0 Å². The van der Waals surface area contributed by atoms with Crippen LogP contribution in [0.1, 0.15) is 18.1 Å². The van der Waals surface area contributed by atoms with Gasteiger partial charge in [0.2, 0.25) is 0 Å². The molecule has 1 aromatic heterocycles. The molecule has 3 aromatic rings. The molecule has 1 atom stereocenters. The van der Waals surface area contributed by atoms with Crippen LogP contribution in [0.3, 0.4) is 0 Å². The minimum Gasteiger partial charge on any atom is -0.295 e. The van der Waals surface area contributed by atoms with Crippen LogP contribution < -0.4 is 0 Å². The van der Waals surface area contributed by atoms with Gasteiger partial charge in [0, 0.05) is 5.69 Å². The standard InChI is InChI=1S/C15H13ClN2/c1-11(16)15-17-13-9-5-6-10-14(13)18(15)12-7-3-2-4-8-12/h2-11H,1H3. The van der Waals surface area contributed by atoms with Gasteiger partial charge in [-0.15, -0.1) is 11.6 Å². The van der Waals surface area contributed by atoms with Crippen LogP contribution in [0.2, 0.25) is 0 Å². The van der Waals surface area contributed by atoms with E-state index in [-0.39, 0.29) is 5.38 Å². The van der Waals surface area contributed by atoms with Crippen molar-refractivity contribution in [3.63, 3.8) is 0 Å². The number of alkyl halides is 1. The number of para-hydroxylation sites is 3. The normalized spacial score (nSPS) is 12.8. The first-order valence-corrected chi connectivity index (χ1v) is 6.38. The Hall–Kier alpha value is -1.80. The van der Waals surface area contributed by atoms with Crippen molar-refractivity contribution in [3.8, 4) is 5.69 Å². The summed E-state index contributed by atoms with van der Waals surface area (Å²) in [6.07, 6.45) is 0. The van der Waals surface area contributed by atoms with E-state index in [0.29, 0.717) is 0 Å². The number of halogens is 1. The Morgan fingerprint density at radius 2 is 1.67 bits per heavy atom. The van der Waals surface area contributed by atoms with Crippen molar-refractivity contribution in [2.24, 2.45) is 0 Å². The monoisotopic (exact) mass is 256 g/mol. The van der Waals surface area contributed by atoms with Gasteiger partial charge >= 0.3 is 0 Å². The van der Waals surface area contributed by atoms with Gasteiger partial charge in [-0.05, 0) is 31.2 Å². The van der Waals surface area contributed by atoms with Crippen molar-refractivity contribution in [2.45, 2.75) is 12.3 Å². The Labute approximate surface area is 111 Å². The summed E-state index contributed by atoms with van der Waals surface area (Å²) in [7, 11) is 0. The Kier molecular flexibility index (Phi) is 2.80. The molecule has 0 fully saturated rings. The van der Waals surface area contributed by atoms with Crippen LogP contribution in [0, 0.1) is 0 Å². The third-order valence-electron chi connectivity index (χ3n) is 2.96. The molecular formula is C15H13ClN2. The molecule has 0 bridgehead atoms. The highest BCUT2D eigenvalue weighted by Crippen LogP contribution is 2.27. The Balaban J connectivity index is 2.35. The largest absolute Gasteiger partial charge is 0.295 e. The Bertz CT molecular complexity index is 671. The molecule has 18 heavy (non-hydrogen) atoms. The van der Waals surface area contributed by atoms with Crippen molar-refractivity contribution in [1.82, 2.24) is 9.55 Å². The first kappa shape index (κ1) is 11.3. The van der Waals surface area contributed by atoms with Crippen molar-refractivity contribution in [1.29, 1.82) is 0 Å². The number of benzene rings is 2. The molecule has 90 valence electrons. The van der Waals surface area contributed by atoms with E-state index in [1.807, 2.05) is 43.3 Å². The van der Waals surface area contributed by atoms with E-state index in [2.05, 4.69) is 27.8 Å². The molecule has 0 saturated heterocycles. The smallest absolute Gasteiger partial charge is 0.132 e. The van der Waals surface area contributed by atoms with Crippen molar-refractivity contribution in [3.05, 3.63) is 60.4 Å². The molecule has 1 heterocycles. The third kappa shape index (κ3) is 1.79. The van der Waals surface area contributed by atoms with Crippen molar-refractivity contribution in [2.75, 3.05) is 0 Å². The van der Waals surface area contributed by atoms with Gasteiger partial charge in [0.05, 0.1) is 16.4 Å². The topological polar surface area (TPSA) is 17.8 Å². The summed E-state index contributed by atoms with van der Waals surface area (Å²) < 4.78 is 2.12. The molecule has 0 amide bonds. The minimum atomic E-state index is -0.127. The molecule has 0 spiro atoms. The average molecular weight is 257 g/mol. The van der Waals surface area contributed by atoms with Gasteiger partial charge in [-0.1, -0.05) is 30.3 Å². The second-order valence-electron chi connectivity index (χ2n) is 4.25. The van der Waals surface area contributed by atoms with Crippen LogP contribution in [0.15, 0.2) is 54.6 Å². The summed E-state index contributed by atoms with van der Waals surface area (Å²) in [5.74, 6) is 0.879. The minimum absolute atomic E-state index is 0.127. The van der Waals surface area contributed by atoms with Crippen LogP contribution in [-0.2, 0) is 0 Å². The van der Waals surface area contributed by atoms with Gasteiger partial charge in [-0.2, -0.15) is 0 Å². The first-order chi connectivity index (χ1) is 8.77. The van der Waals surface area contributed by atoms with E-state index in [1.54, 1.807) is 0 Å². The van der Waals surface area contributed by atoms with Crippen molar-refractivity contribution < 1.29 is 0 Å². The number of nitrogens with zero attached hydrogens (tertiary/aromatic N) is 2. The highest BCUT2D eigenvalue weighted by Gasteiger charge is 2.15. The Morgan fingerprint density at radius 3 is 2.39 bits per heavy atom. The van der Waals surface area contributed by atoms with E-state index >= 15 is 0 Å².